The van der Waals surface area contributed by atoms with Gasteiger partial charge in [0.2, 0.25) is 5.91 Å². The minimum atomic E-state index is -1.31. The fraction of sp³-hybridized carbons (Fsp3) is 0.176. The van der Waals surface area contributed by atoms with Crippen LogP contribution in [0.1, 0.15) is 11.3 Å². The average molecular weight is 360 g/mol. The lowest BCUT2D eigenvalue weighted by Crippen LogP contribution is -2.20. The second-order valence-electron chi connectivity index (χ2n) is 5.27. The number of nitrogens with one attached hydrogen (secondary N) is 1. The van der Waals surface area contributed by atoms with Gasteiger partial charge in [0.25, 0.3) is 0 Å². The highest BCUT2D eigenvalue weighted by molar-refractivity contribution is 7.84. The molecule has 0 spiro atoms. The maximum Gasteiger partial charge on any atom is 0.237 e. The van der Waals surface area contributed by atoms with E-state index in [0.29, 0.717) is 17.1 Å². The summed E-state index contributed by atoms with van der Waals surface area (Å²) in [6.07, 6.45) is 1.59. The number of furan rings is 1. The van der Waals surface area contributed by atoms with Crippen molar-refractivity contribution in [2.75, 3.05) is 11.1 Å². The number of aromatic nitrogens is 1. The summed E-state index contributed by atoms with van der Waals surface area (Å²) in [6.45, 7) is 1.95. The molecule has 1 unspecified atom stereocenters. The van der Waals surface area contributed by atoms with Crippen molar-refractivity contribution >= 4 is 33.7 Å². The van der Waals surface area contributed by atoms with Gasteiger partial charge in [0.05, 0.1) is 17.7 Å². The number of hydrogen-bond acceptors (Lipinski definition) is 5. The Balaban J connectivity index is 1.54. The summed E-state index contributed by atoms with van der Waals surface area (Å²) >= 11 is 1.43. The van der Waals surface area contributed by atoms with E-state index in [2.05, 4.69) is 10.3 Å². The topological polar surface area (TPSA) is 72.2 Å². The summed E-state index contributed by atoms with van der Waals surface area (Å²) in [5.74, 6) is 0.620. The van der Waals surface area contributed by atoms with E-state index in [1.165, 1.54) is 11.3 Å². The Labute approximate surface area is 146 Å². The van der Waals surface area contributed by atoms with E-state index in [9.17, 15) is 9.00 Å². The van der Waals surface area contributed by atoms with Gasteiger partial charge in [0, 0.05) is 21.9 Å². The first-order valence-electron chi connectivity index (χ1n) is 7.30. The number of benzene rings is 1. The van der Waals surface area contributed by atoms with E-state index < -0.39 is 10.8 Å². The van der Waals surface area contributed by atoms with E-state index in [1.54, 1.807) is 12.3 Å². The Morgan fingerprint density at radius 3 is 2.96 bits per heavy atom. The summed E-state index contributed by atoms with van der Waals surface area (Å²) in [4.78, 5) is 16.4. The van der Waals surface area contributed by atoms with Crippen LogP contribution in [0.4, 0.5) is 5.69 Å². The van der Waals surface area contributed by atoms with Crippen LogP contribution in [0.25, 0.3) is 10.8 Å². The monoisotopic (exact) mass is 360 g/mol. The van der Waals surface area contributed by atoms with Crippen molar-refractivity contribution in [2.45, 2.75) is 12.7 Å². The first kappa shape index (κ1) is 16.6. The van der Waals surface area contributed by atoms with Crippen LogP contribution in [0.3, 0.4) is 0 Å². The van der Waals surface area contributed by atoms with Crippen molar-refractivity contribution in [3.63, 3.8) is 0 Å². The molecule has 0 bridgehead atoms. The molecule has 2 heterocycles. The van der Waals surface area contributed by atoms with Gasteiger partial charge < -0.3 is 9.73 Å². The van der Waals surface area contributed by atoms with Gasteiger partial charge in [-0.05, 0) is 36.8 Å². The zero-order chi connectivity index (χ0) is 16.9. The third-order valence-corrected chi connectivity index (χ3v) is 5.29. The first-order valence-corrected chi connectivity index (χ1v) is 9.67. The molecule has 24 heavy (non-hydrogen) atoms. The fourth-order valence-electron chi connectivity index (χ4n) is 2.17. The number of carbonyl (C=O) groups is 1. The maximum atomic E-state index is 12.2. The van der Waals surface area contributed by atoms with Crippen molar-refractivity contribution in [3.05, 3.63) is 59.3 Å². The van der Waals surface area contributed by atoms with Gasteiger partial charge in [-0.2, -0.15) is 0 Å². The molecule has 0 aliphatic carbocycles. The zero-order valence-electron chi connectivity index (χ0n) is 13.0. The molecule has 0 radical (unpaired) electrons. The lowest BCUT2D eigenvalue weighted by Gasteiger charge is -2.05. The van der Waals surface area contributed by atoms with E-state index in [1.807, 2.05) is 42.6 Å². The third kappa shape index (κ3) is 4.39. The highest BCUT2D eigenvalue weighted by Crippen LogP contribution is 2.24. The minimum Gasteiger partial charge on any atom is -0.462 e. The van der Waals surface area contributed by atoms with Crippen LogP contribution in [-0.2, 0) is 21.3 Å². The molecule has 2 aromatic heterocycles. The fourth-order valence-corrected chi connectivity index (χ4v) is 4.00. The molecule has 1 atom stereocenters. The van der Waals surface area contributed by atoms with Gasteiger partial charge in [-0.3, -0.25) is 9.00 Å². The van der Waals surface area contributed by atoms with Crippen LogP contribution >= 0.6 is 11.3 Å². The molecule has 3 aromatic rings. The molecule has 0 aliphatic rings. The molecule has 1 N–H and O–H groups in total. The van der Waals surface area contributed by atoms with Gasteiger partial charge in [-0.25, -0.2) is 4.98 Å². The highest BCUT2D eigenvalue weighted by atomic mass is 32.2. The lowest BCUT2D eigenvalue weighted by atomic mass is 10.2. The second-order valence-corrected chi connectivity index (χ2v) is 7.58. The van der Waals surface area contributed by atoms with E-state index in [-0.39, 0.29) is 17.4 Å². The Kier molecular flexibility index (Phi) is 5.22. The quantitative estimate of drug-likeness (QED) is 0.729. The van der Waals surface area contributed by atoms with Crippen molar-refractivity contribution in [1.29, 1.82) is 0 Å². The Morgan fingerprint density at radius 2 is 2.21 bits per heavy atom. The second kappa shape index (κ2) is 7.55. The van der Waals surface area contributed by atoms with Crippen LogP contribution < -0.4 is 5.32 Å². The van der Waals surface area contributed by atoms with Crippen LogP contribution in [0.2, 0.25) is 0 Å². The molecule has 7 heteroatoms. The van der Waals surface area contributed by atoms with Gasteiger partial charge in [0.1, 0.15) is 5.75 Å². The maximum absolute atomic E-state index is 12.2. The molecule has 0 saturated carbocycles. The van der Waals surface area contributed by atoms with Crippen LogP contribution in [0, 0.1) is 6.92 Å². The molecule has 3 rings (SSSR count). The summed E-state index contributed by atoms with van der Waals surface area (Å²) in [7, 11) is -1.31. The molecule has 124 valence electrons. The lowest BCUT2D eigenvalue weighted by molar-refractivity contribution is -0.113. The van der Waals surface area contributed by atoms with Gasteiger partial charge in [0.15, 0.2) is 10.8 Å². The molecule has 5 nitrogen and oxygen atoms in total. The number of aryl methyl sites for hydroxylation is 1. The van der Waals surface area contributed by atoms with Gasteiger partial charge >= 0.3 is 0 Å². The Bertz CT molecular complexity index is 856. The van der Waals surface area contributed by atoms with Crippen LogP contribution in [-0.4, -0.2) is 20.9 Å². The molecule has 1 amide bonds. The van der Waals surface area contributed by atoms with E-state index in [4.69, 9.17) is 4.42 Å². The van der Waals surface area contributed by atoms with Crippen molar-refractivity contribution in [3.8, 4) is 10.8 Å². The number of anilines is 1. The van der Waals surface area contributed by atoms with Gasteiger partial charge in [-0.15, -0.1) is 11.3 Å². The molecule has 1 aromatic carbocycles. The zero-order valence-corrected chi connectivity index (χ0v) is 14.7. The minimum absolute atomic E-state index is 0.0540. The highest BCUT2D eigenvalue weighted by Gasteiger charge is 2.13. The summed E-state index contributed by atoms with van der Waals surface area (Å²) in [5.41, 5.74) is 2.47. The molecule has 0 aliphatic heterocycles. The Morgan fingerprint density at radius 1 is 1.33 bits per heavy atom. The van der Waals surface area contributed by atoms with Crippen LogP contribution in [0.5, 0.6) is 0 Å². The van der Waals surface area contributed by atoms with Crippen molar-refractivity contribution in [1.82, 2.24) is 4.98 Å². The largest absolute Gasteiger partial charge is 0.462 e. The summed E-state index contributed by atoms with van der Waals surface area (Å²) in [6, 6.07) is 11.1. The smallest absolute Gasteiger partial charge is 0.237 e. The number of nitrogens with zero attached hydrogens (tertiary/aromatic N) is 1. The average Bonchev–Trinajstić information content (AvgIpc) is 3.17. The third-order valence-electron chi connectivity index (χ3n) is 3.19. The molecule has 0 saturated heterocycles. The molecular formula is C17H16N2O3S2. The number of rotatable bonds is 6. The summed E-state index contributed by atoms with van der Waals surface area (Å²) < 4.78 is 17.5. The number of hydrogen-bond donors (Lipinski definition) is 1. The van der Waals surface area contributed by atoms with Crippen molar-refractivity contribution in [2.24, 2.45) is 0 Å². The first-order chi connectivity index (χ1) is 11.6. The molecular weight excluding hydrogens is 344 g/mol. The van der Waals surface area contributed by atoms with E-state index >= 15 is 0 Å². The Hall–Kier alpha value is -2.25. The van der Waals surface area contributed by atoms with Gasteiger partial charge in [-0.1, -0.05) is 12.1 Å². The standard InChI is InChI=1S/C17H16N2O3S2/c1-12-4-2-5-13(8-12)18-16(20)11-24(21)10-14-9-23-17(19-14)15-6-3-7-22-15/h2-9H,10-11H2,1H3,(H,18,20). The van der Waals surface area contributed by atoms with E-state index in [0.717, 1.165) is 10.6 Å². The summed E-state index contributed by atoms with van der Waals surface area (Å²) in [5, 5.41) is 5.35. The SMILES string of the molecule is Cc1cccc(NC(=O)CS(=O)Cc2csc(-c3ccco3)n2)c1. The number of thiazole rings is 1. The van der Waals surface area contributed by atoms with Crippen molar-refractivity contribution < 1.29 is 13.4 Å². The molecule has 0 fully saturated rings. The predicted octanol–water partition coefficient (Wildman–Crippen LogP) is 3.60. The number of amides is 1. The number of carbonyl (C=O) groups excluding carboxylic acids is 1. The normalized spacial score (nSPS) is 12.0. The predicted molar refractivity (Wildman–Crippen MR) is 96.3 cm³/mol. The van der Waals surface area contributed by atoms with Crippen LogP contribution in [0.15, 0.2) is 52.5 Å².